The van der Waals surface area contributed by atoms with Crippen molar-refractivity contribution in [2.75, 3.05) is 0 Å². The second kappa shape index (κ2) is 5.06. The van der Waals surface area contributed by atoms with Gasteiger partial charge in [0.25, 0.3) is 0 Å². The fourth-order valence-electron chi connectivity index (χ4n) is 2.32. The molecule has 0 spiro atoms. The lowest BCUT2D eigenvalue weighted by Gasteiger charge is -2.05. The summed E-state index contributed by atoms with van der Waals surface area (Å²) in [7, 11) is 0. The number of halogens is 2. The number of hydrogen-bond donors (Lipinski definition) is 1. The van der Waals surface area contributed by atoms with Crippen molar-refractivity contribution in [3.8, 4) is 11.3 Å². The van der Waals surface area contributed by atoms with E-state index in [9.17, 15) is 9.90 Å². The van der Waals surface area contributed by atoms with Crippen molar-refractivity contribution in [3.63, 3.8) is 0 Å². The van der Waals surface area contributed by atoms with Crippen molar-refractivity contribution in [1.82, 2.24) is 9.38 Å². The van der Waals surface area contributed by atoms with Crippen LogP contribution in [0.1, 0.15) is 16.2 Å². The maximum absolute atomic E-state index is 11.7. The van der Waals surface area contributed by atoms with Crippen LogP contribution in [0.2, 0.25) is 10.0 Å². The van der Waals surface area contributed by atoms with E-state index < -0.39 is 5.97 Å². The van der Waals surface area contributed by atoms with Gasteiger partial charge in [0, 0.05) is 16.3 Å². The summed E-state index contributed by atoms with van der Waals surface area (Å²) < 4.78 is 1.60. The zero-order valence-corrected chi connectivity index (χ0v) is 12.5. The first-order valence-electron chi connectivity index (χ1n) is 6.16. The molecule has 0 amide bonds. The zero-order chi connectivity index (χ0) is 15.1. The van der Waals surface area contributed by atoms with Gasteiger partial charge in [-0.25, -0.2) is 9.78 Å². The molecule has 0 aliphatic carbocycles. The monoisotopic (exact) mass is 320 g/mol. The summed E-state index contributed by atoms with van der Waals surface area (Å²) >= 11 is 12.1. The first-order chi connectivity index (χ1) is 9.99. The Labute approximate surface area is 130 Å². The number of imidazole rings is 1. The van der Waals surface area contributed by atoms with Crippen LogP contribution in [0.3, 0.4) is 0 Å². The number of hydrogen-bond acceptors (Lipinski definition) is 2. The molecule has 3 rings (SSSR count). The quantitative estimate of drug-likeness (QED) is 0.765. The Kier molecular flexibility index (Phi) is 3.35. The number of benzene rings is 1. The van der Waals surface area contributed by atoms with Gasteiger partial charge in [-0.2, -0.15) is 0 Å². The van der Waals surface area contributed by atoms with Crippen LogP contribution in [0.15, 0.2) is 36.4 Å². The van der Waals surface area contributed by atoms with Crippen LogP contribution in [0, 0.1) is 6.92 Å². The van der Waals surface area contributed by atoms with Crippen LogP contribution in [-0.2, 0) is 0 Å². The van der Waals surface area contributed by atoms with E-state index in [4.69, 9.17) is 23.2 Å². The smallest absolute Gasteiger partial charge is 0.355 e. The number of aromatic nitrogens is 2. The lowest BCUT2D eigenvalue weighted by Crippen LogP contribution is -2.05. The van der Waals surface area contributed by atoms with Gasteiger partial charge < -0.3 is 5.11 Å². The van der Waals surface area contributed by atoms with Crippen molar-refractivity contribution >= 4 is 34.8 Å². The molecule has 2 heterocycles. The van der Waals surface area contributed by atoms with Gasteiger partial charge in [-0.15, -0.1) is 0 Å². The number of rotatable bonds is 2. The number of carboxylic acid groups (broad SMARTS) is 1. The normalized spacial score (nSPS) is 11.0. The molecule has 0 aliphatic heterocycles. The van der Waals surface area contributed by atoms with Gasteiger partial charge in [0.1, 0.15) is 11.3 Å². The summed E-state index contributed by atoms with van der Waals surface area (Å²) in [6.45, 7) is 1.83. The highest BCUT2D eigenvalue weighted by atomic mass is 35.5. The van der Waals surface area contributed by atoms with Crippen LogP contribution >= 0.6 is 23.2 Å². The van der Waals surface area contributed by atoms with Crippen molar-refractivity contribution in [2.24, 2.45) is 0 Å². The van der Waals surface area contributed by atoms with Crippen molar-refractivity contribution in [3.05, 3.63) is 57.8 Å². The van der Waals surface area contributed by atoms with Crippen LogP contribution in [-0.4, -0.2) is 20.5 Å². The lowest BCUT2D eigenvalue weighted by molar-refractivity contribution is 0.0690. The molecule has 6 heteroatoms. The predicted molar refractivity (Wildman–Crippen MR) is 82.3 cm³/mol. The Bertz CT molecular complexity index is 871. The fraction of sp³-hybridized carbons (Fsp3) is 0.0667. The minimum Gasteiger partial charge on any atom is -0.476 e. The van der Waals surface area contributed by atoms with E-state index in [1.54, 1.807) is 28.7 Å². The highest BCUT2D eigenvalue weighted by molar-refractivity contribution is 6.36. The molecule has 0 saturated carbocycles. The second-order valence-corrected chi connectivity index (χ2v) is 5.44. The van der Waals surface area contributed by atoms with Gasteiger partial charge in [-0.3, -0.25) is 4.40 Å². The molecule has 1 aromatic carbocycles. The molecule has 4 nitrogen and oxygen atoms in total. The Hall–Kier alpha value is -2.04. The van der Waals surface area contributed by atoms with Crippen molar-refractivity contribution in [1.29, 1.82) is 0 Å². The predicted octanol–water partition coefficient (Wildman–Crippen LogP) is 4.31. The molecule has 0 atom stereocenters. The van der Waals surface area contributed by atoms with E-state index in [1.807, 2.05) is 19.1 Å². The molecule has 2 aromatic heterocycles. The Morgan fingerprint density at radius 2 is 2.00 bits per heavy atom. The topological polar surface area (TPSA) is 54.6 Å². The van der Waals surface area contributed by atoms with E-state index in [0.29, 0.717) is 26.9 Å². The van der Waals surface area contributed by atoms with E-state index in [0.717, 1.165) is 5.69 Å². The Morgan fingerprint density at radius 3 is 2.67 bits per heavy atom. The molecule has 3 aromatic rings. The van der Waals surface area contributed by atoms with E-state index in [2.05, 4.69) is 4.98 Å². The summed E-state index contributed by atoms with van der Waals surface area (Å²) in [5, 5.41) is 10.4. The third-order valence-corrected chi connectivity index (χ3v) is 3.78. The van der Waals surface area contributed by atoms with Gasteiger partial charge in [-0.05, 0) is 37.3 Å². The molecular weight excluding hydrogens is 311 g/mol. The summed E-state index contributed by atoms with van der Waals surface area (Å²) in [4.78, 5) is 16.1. The maximum atomic E-state index is 11.7. The first-order valence-corrected chi connectivity index (χ1v) is 6.91. The van der Waals surface area contributed by atoms with Gasteiger partial charge in [0.05, 0.1) is 5.02 Å². The molecule has 0 saturated heterocycles. The SMILES string of the molecule is Cc1cccc2nc(-c3ccc(Cl)cc3Cl)c(C(=O)O)n12. The van der Waals surface area contributed by atoms with Gasteiger partial charge in [-0.1, -0.05) is 29.3 Å². The number of carbonyl (C=O) groups is 1. The summed E-state index contributed by atoms with van der Waals surface area (Å²) in [5.41, 5.74) is 2.31. The molecule has 0 fully saturated rings. The summed E-state index contributed by atoms with van der Waals surface area (Å²) in [6.07, 6.45) is 0. The average molecular weight is 321 g/mol. The molecule has 0 bridgehead atoms. The van der Waals surface area contributed by atoms with Gasteiger partial charge in [0.2, 0.25) is 0 Å². The maximum Gasteiger partial charge on any atom is 0.355 e. The molecule has 21 heavy (non-hydrogen) atoms. The third-order valence-electron chi connectivity index (χ3n) is 3.23. The average Bonchev–Trinajstić information content (AvgIpc) is 2.79. The largest absolute Gasteiger partial charge is 0.476 e. The highest BCUT2D eigenvalue weighted by Gasteiger charge is 2.22. The van der Waals surface area contributed by atoms with E-state index in [1.165, 1.54) is 0 Å². The minimum absolute atomic E-state index is 0.0901. The number of aryl methyl sites for hydroxylation is 1. The van der Waals surface area contributed by atoms with Crippen molar-refractivity contribution in [2.45, 2.75) is 6.92 Å². The molecule has 106 valence electrons. The lowest BCUT2D eigenvalue weighted by atomic mass is 10.1. The molecule has 0 unspecified atom stereocenters. The fourth-order valence-corrected chi connectivity index (χ4v) is 2.82. The Morgan fingerprint density at radius 1 is 1.24 bits per heavy atom. The van der Waals surface area contributed by atoms with Crippen LogP contribution in [0.4, 0.5) is 0 Å². The summed E-state index contributed by atoms with van der Waals surface area (Å²) in [5.74, 6) is -1.06. The van der Waals surface area contributed by atoms with Crippen LogP contribution in [0.5, 0.6) is 0 Å². The number of fused-ring (bicyclic) bond motifs is 1. The molecule has 0 aliphatic rings. The highest BCUT2D eigenvalue weighted by Crippen LogP contribution is 2.33. The minimum atomic E-state index is -1.06. The number of aromatic carboxylic acids is 1. The van der Waals surface area contributed by atoms with Gasteiger partial charge >= 0.3 is 5.97 Å². The molecule has 0 radical (unpaired) electrons. The standard InChI is InChI=1S/C15H10Cl2N2O2/c1-8-3-2-4-12-18-13(14(15(20)21)19(8)12)10-6-5-9(16)7-11(10)17/h2-7H,1H3,(H,20,21). The van der Waals surface area contributed by atoms with E-state index >= 15 is 0 Å². The zero-order valence-electron chi connectivity index (χ0n) is 11.0. The first kappa shape index (κ1) is 13.9. The number of nitrogens with zero attached hydrogens (tertiary/aromatic N) is 2. The number of carboxylic acids is 1. The van der Waals surface area contributed by atoms with E-state index in [-0.39, 0.29) is 5.69 Å². The van der Waals surface area contributed by atoms with Crippen molar-refractivity contribution < 1.29 is 9.90 Å². The molecule has 1 N–H and O–H groups in total. The third kappa shape index (κ3) is 2.26. The summed E-state index contributed by atoms with van der Waals surface area (Å²) in [6, 6.07) is 10.3. The van der Waals surface area contributed by atoms with Gasteiger partial charge in [0.15, 0.2) is 5.69 Å². The second-order valence-electron chi connectivity index (χ2n) is 4.60. The van der Waals surface area contributed by atoms with Crippen LogP contribution in [0.25, 0.3) is 16.9 Å². The number of pyridine rings is 1. The Balaban J connectivity index is 2.40. The molecular formula is C15H10Cl2N2O2. The van der Waals surface area contributed by atoms with Crippen LogP contribution < -0.4 is 0 Å².